The largest absolute Gasteiger partial charge is 0.412 e. The van der Waals surface area contributed by atoms with Gasteiger partial charge in [-0.05, 0) is 12.8 Å². The van der Waals surface area contributed by atoms with Crippen molar-refractivity contribution >= 4 is 0 Å². The van der Waals surface area contributed by atoms with Crippen molar-refractivity contribution < 1.29 is 13.2 Å². The van der Waals surface area contributed by atoms with Gasteiger partial charge in [-0.2, -0.15) is 13.2 Å². The first-order chi connectivity index (χ1) is 5.97. The molecular formula is C7H7F3N2O. The molecule has 0 unspecified atom stereocenters. The monoisotopic (exact) mass is 192 g/mol. The lowest BCUT2D eigenvalue weighted by Gasteiger charge is -2.19. The number of H-pyrrole nitrogens is 1. The second-order valence-electron chi connectivity index (χ2n) is 3.16. The quantitative estimate of drug-likeness (QED) is 0.713. The number of hydrogen-bond acceptors (Lipinski definition) is 1. The highest BCUT2D eigenvalue weighted by atomic mass is 19.4. The fraction of sp³-hybridized carbons (Fsp3) is 0.571. The van der Waals surface area contributed by atoms with E-state index in [2.05, 4.69) is 4.98 Å². The summed E-state index contributed by atoms with van der Waals surface area (Å²) in [6, 6.07) is 0. The number of nitrogens with one attached hydrogen (secondary N) is 1. The van der Waals surface area contributed by atoms with E-state index in [1.165, 1.54) is 6.20 Å². The number of alkyl halides is 3. The van der Waals surface area contributed by atoms with Crippen LogP contribution in [0.15, 0.2) is 17.2 Å². The molecule has 0 bridgehead atoms. The Labute approximate surface area is 71.2 Å². The number of rotatable bonds is 1. The van der Waals surface area contributed by atoms with Gasteiger partial charge in [0.1, 0.15) is 5.54 Å². The Morgan fingerprint density at radius 3 is 2.38 bits per heavy atom. The van der Waals surface area contributed by atoms with Crippen molar-refractivity contribution in [2.45, 2.75) is 24.6 Å². The van der Waals surface area contributed by atoms with Crippen LogP contribution < -0.4 is 5.69 Å². The molecule has 1 saturated carbocycles. The maximum Gasteiger partial charge on any atom is 0.412 e. The first-order valence-corrected chi connectivity index (χ1v) is 3.81. The molecule has 0 saturated heterocycles. The number of nitrogens with zero attached hydrogens (tertiary/aromatic N) is 1. The molecule has 0 atom stereocenters. The highest BCUT2D eigenvalue weighted by Crippen LogP contribution is 2.54. The molecule has 0 amide bonds. The molecule has 1 aliphatic carbocycles. The van der Waals surface area contributed by atoms with E-state index in [9.17, 15) is 18.0 Å². The van der Waals surface area contributed by atoms with Gasteiger partial charge in [-0.3, -0.25) is 4.57 Å². The zero-order valence-corrected chi connectivity index (χ0v) is 6.56. The van der Waals surface area contributed by atoms with Gasteiger partial charge < -0.3 is 4.98 Å². The van der Waals surface area contributed by atoms with Gasteiger partial charge in [0.25, 0.3) is 0 Å². The summed E-state index contributed by atoms with van der Waals surface area (Å²) in [4.78, 5) is 13.2. The van der Waals surface area contributed by atoms with Crippen LogP contribution in [0.1, 0.15) is 12.8 Å². The minimum absolute atomic E-state index is 0.00569. The van der Waals surface area contributed by atoms with Crippen LogP contribution >= 0.6 is 0 Å². The van der Waals surface area contributed by atoms with Gasteiger partial charge in [0.05, 0.1) is 0 Å². The zero-order chi connectivity index (χ0) is 9.69. The SMILES string of the molecule is O=c1[nH]ccn1C1(C(F)(F)F)CC1. The van der Waals surface area contributed by atoms with E-state index in [1.54, 1.807) is 0 Å². The number of aromatic nitrogens is 2. The maximum atomic E-state index is 12.5. The van der Waals surface area contributed by atoms with Crippen LogP contribution in [0.5, 0.6) is 0 Å². The molecule has 1 N–H and O–H groups in total. The van der Waals surface area contributed by atoms with E-state index in [1.807, 2.05) is 0 Å². The molecular weight excluding hydrogens is 185 g/mol. The van der Waals surface area contributed by atoms with Crippen molar-refractivity contribution in [1.29, 1.82) is 0 Å². The smallest absolute Gasteiger partial charge is 0.313 e. The van der Waals surface area contributed by atoms with E-state index in [4.69, 9.17) is 0 Å². The molecule has 0 aliphatic heterocycles. The third-order valence-corrected chi connectivity index (χ3v) is 2.36. The second-order valence-corrected chi connectivity index (χ2v) is 3.16. The molecule has 72 valence electrons. The Morgan fingerprint density at radius 2 is 2.08 bits per heavy atom. The Bertz CT molecular complexity index is 372. The van der Waals surface area contributed by atoms with Crippen molar-refractivity contribution in [3.05, 3.63) is 22.9 Å². The fourth-order valence-corrected chi connectivity index (χ4v) is 1.44. The number of imidazole rings is 1. The van der Waals surface area contributed by atoms with Gasteiger partial charge in [-0.25, -0.2) is 4.79 Å². The summed E-state index contributed by atoms with van der Waals surface area (Å²) < 4.78 is 38.1. The van der Waals surface area contributed by atoms with Crippen molar-refractivity contribution in [1.82, 2.24) is 9.55 Å². The summed E-state index contributed by atoms with van der Waals surface area (Å²) in [5, 5.41) is 0. The molecule has 1 aromatic rings. The third kappa shape index (κ3) is 1.01. The van der Waals surface area contributed by atoms with E-state index < -0.39 is 17.4 Å². The Morgan fingerprint density at radius 1 is 1.46 bits per heavy atom. The summed E-state index contributed by atoms with van der Waals surface area (Å²) >= 11 is 0. The minimum atomic E-state index is -4.33. The average Bonchev–Trinajstić information content (AvgIpc) is 2.70. The fourth-order valence-electron chi connectivity index (χ4n) is 1.44. The Kier molecular flexibility index (Phi) is 1.41. The van der Waals surface area contributed by atoms with Crippen molar-refractivity contribution in [3.63, 3.8) is 0 Å². The third-order valence-electron chi connectivity index (χ3n) is 2.36. The van der Waals surface area contributed by atoms with Gasteiger partial charge in [0, 0.05) is 12.4 Å². The Hall–Kier alpha value is -1.20. The molecule has 2 rings (SSSR count). The van der Waals surface area contributed by atoms with Crippen molar-refractivity contribution in [2.24, 2.45) is 0 Å². The molecule has 13 heavy (non-hydrogen) atoms. The number of halogens is 3. The van der Waals surface area contributed by atoms with Crippen molar-refractivity contribution in [2.75, 3.05) is 0 Å². The molecule has 3 nitrogen and oxygen atoms in total. The predicted octanol–water partition coefficient (Wildman–Crippen LogP) is 1.23. The van der Waals surface area contributed by atoms with E-state index in [-0.39, 0.29) is 12.8 Å². The summed E-state index contributed by atoms with van der Waals surface area (Å²) in [5.41, 5.74) is -2.63. The van der Waals surface area contributed by atoms with Gasteiger partial charge >= 0.3 is 11.9 Å². The lowest BCUT2D eigenvalue weighted by atomic mass is 10.2. The first kappa shape index (κ1) is 8.40. The normalized spacial score (nSPS) is 20.2. The molecule has 0 radical (unpaired) electrons. The summed E-state index contributed by atoms with van der Waals surface area (Å²) in [6.45, 7) is 0. The number of aromatic amines is 1. The minimum Gasteiger partial charge on any atom is -0.313 e. The summed E-state index contributed by atoms with van der Waals surface area (Å²) in [6.07, 6.45) is -1.99. The highest BCUT2D eigenvalue weighted by Gasteiger charge is 2.65. The Balaban J connectivity index is 2.48. The van der Waals surface area contributed by atoms with E-state index in [0.29, 0.717) is 0 Å². The van der Waals surface area contributed by atoms with Crippen LogP contribution in [0, 0.1) is 0 Å². The van der Waals surface area contributed by atoms with Gasteiger partial charge in [0.15, 0.2) is 0 Å². The summed E-state index contributed by atoms with van der Waals surface area (Å²) in [5.74, 6) is 0. The van der Waals surface area contributed by atoms with Crippen LogP contribution in [0.3, 0.4) is 0 Å². The molecule has 1 fully saturated rings. The van der Waals surface area contributed by atoms with Crippen LogP contribution in [0.25, 0.3) is 0 Å². The highest BCUT2D eigenvalue weighted by molar-refractivity contribution is 5.07. The van der Waals surface area contributed by atoms with Crippen molar-refractivity contribution in [3.8, 4) is 0 Å². The van der Waals surface area contributed by atoms with Gasteiger partial charge in [0.2, 0.25) is 0 Å². The van der Waals surface area contributed by atoms with E-state index >= 15 is 0 Å². The standard InChI is InChI=1S/C7H7F3N2O/c8-7(9,10)6(1-2-6)12-4-3-11-5(12)13/h3-4H,1-2H2,(H,11,13). The maximum absolute atomic E-state index is 12.5. The lowest BCUT2D eigenvalue weighted by molar-refractivity contribution is -0.180. The molecule has 0 spiro atoms. The molecule has 6 heteroatoms. The average molecular weight is 192 g/mol. The predicted molar refractivity (Wildman–Crippen MR) is 38.3 cm³/mol. The molecule has 1 heterocycles. The van der Waals surface area contributed by atoms with Crippen LogP contribution in [0.4, 0.5) is 13.2 Å². The summed E-state index contributed by atoms with van der Waals surface area (Å²) in [7, 11) is 0. The van der Waals surface area contributed by atoms with Crippen LogP contribution in [-0.4, -0.2) is 15.7 Å². The topological polar surface area (TPSA) is 37.8 Å². The van der Waals surface area contributed by atoms with Gasteiger partial charge in [-0.15, -0.1) is 0 Å². The zero-order valence-electron chi connectivity index (χ0n) is 6.56. The number of hydrogen-bond donors (Lipinski definition) is 1. The first-order valence-electron chi connectivity index (χ1n) is 3.81. The molecule has 0 aromatic carbocycles. The van der Waals surface area contributed by atoms with Crippen LogP contribution in [-0.2, 0) is 5.54 Å². The van der Waals surface area contributed by atoms with Gasteiger partial charge in [-0.1, -0.05) is 0 Å². The van der Waals surface area contributed by atoms with E-state index in [0.717, 1.165) is 10.8 Å². The lowest BCUT2D eigenvalue weighted by Crippen LogP contribution is -2.39. The molecule has 1 aromatic heterocycles. The molecule has 1 aliphatic rings. The van der Waals surface area contributed by atoms with Crippen LogP contribution in [0.2, 0.25) is 0 Å². The second kappa shape index (κ2) is 2.18.